The highest BCUT2D eigenvalue weighted by Crippen LogP contribution is 2.27. The first kappa shape index (κ1) is 25.7. The third-order valence-corrected chi connectivity index (χ3v) is 6.74. The van der Waals surface area contributed by atoms with Gasteiger partial charge in [0.25, 0.3) is 0 Å². The Morgan fingerprint density at radius 2 is 1.73 bits per heavy atom. The van der Waals surface area contributed by atoms with Crippen molar-refractivity contribution in [2.75, 3.05) is 45.8 Å². The van der Waals surface area contributed by atoms with Gasteiger partial charge in [0.05, 0.1) is 0 Å². The van der Waals surface area contributed by atoms with Gasteiger partial charge in [-0.05, 0) is 71.5 Å². The van der Waals surface area contributed by atoms with Gasteiger partial charge in [-0.25, -0.2) is 0 Å². The fraction of sp³-hybridized carbons (Fsp3) is 0.913. The number of unbranched alkanes of at least 4 members (excludes halogenated alkanes) is 2. The smallest absolute Gasteiger partial charge is 0.225 e. The molecule has 2 N–H and O–H groups in total. The Morgan fingerprint density at radius 1 is 0.967 bits per heavy atom. The molecule has 6 nitrogen and oxygen atoms in total. The van der Waals surface area contributed by atoms with Crippen LogP contribution < -0.4 is 10.6 Å². The SMILES string of the molecule is CCNC(=NCCCCCN1CCCCC1)NC1CCN(C(=O)C2CCCC2)C1.I. The summed E-state index contributed by atoms with van der Waals surface area (Å²) >= 11 is 0. The number of likely N-dealkylation sites (tertiary alicyclic amines) is 2. The fourth-order valence-corrected chi connectivity index (χ4v) is 5.02. The molecule has 0 radical (unpaired) electrons. The molecule has 0 bridgehead atoms. The molecule has 3 aliphatic rings. The zero-order valence-corrected chi connectivity index (χ0v) is 21.4. The van der Waals surface area contributed by atoms with E-state index < -0.39 is 0 Å². The van der Waals surface area contributed by atoms with Gasteiger partial charge in [-0.3, -0.25) is 9.79 Å². The van der Waals surface area contributed by atoms with Crippen molar-refractivity contribution in [3.63, 3.8) is 0 Å². The maximum Gasteiger partial charge on any atom is 0.225 e. The van der Waals surface area contributed by atoms with Crippen molar-refractivity contribution in [1.29, 1.82) is 0 Å². The monoisotopic (exact) mass is 533 g/mol. The van der Waals surface area contributed by atoms with Gasteiger partial charge >= 0.3 is 0 Å². The normalized spacial score (nSPS) is 23.4. The zero-order chi connectivity index (χ0) is 20.3. The molecule has 0 spiro atoms. The number of nitrogens with zero attached hydrogens (tertiary/aromatic N) is 3. The van der Waals surface area contributed by atoms with E-state index in [9.17, 15) is 4.79 Å². The summed E-state index contributed by atoms with van der Waals surface area (Å²) in [5, 5.41) is 6.95. The average molecular weight is 534 g/mol. The number of hydrogen-bond acceptors (Lipinski definition) is 3. The average Bonchev–Trinajstić information content (AvgIpc) is 3.43. The quantitative estimate of drug-likeness (QED) is 0.206. The van der Waals surface area contributed by atoms with Crippen LogP contribution in [0.2, 0.25) is 0 Å². The molecule has 0 aromatic carbocycles. The second kappa shape index (κ2) is 14.5. The molecule has 7 heteroatoms. The molecule has 1 aliphatic carbocycles. The van der Waals surface area contributed by atoms with Gasteiger partial charge in [0.1, 0.15) is 0 Å². The van der Waals surface area contributed by atoms with E-state index in [-0.39, 0.29) is 24.0 Å². The van der Waals surface area contributed by atoms with E-state index >= 15 is 0 Å². The fourth-order valence-electron chi connectivity index (χ4n) is 5.02. The predicted octanol–water partition coefficient (Wildman–Crippen LogP) is 3.61. The van der Waals surface area contributed by atoms with Crippen molar-refractivity contribution in [3.05, 3.63) is 0 Å². The molecule has 1 saturated carbocycles. The number of hydrogen-bond donors (Lipinski definition) is 2. The molecule has 3 fully saturated rings. The van der Waals surface area contributed by atoms with E-state index in [2.05, 4.69) is 27.4 Å². The molecule has 0 aromatic heterocycles. The number of guanidine groups is 1. The van der Waals surface area contributed by atoms with E-state index in [1.165, 1.54) is 64.6 Å². The lowest BCUT2D eigenvalue weighted by Gasteiger charge is -2.26. The Balaban J connectivity index is 0.00000320. The number of carbonyl (C=O) groups is 1. The summed E-state index contributed by atoms with van der Waals surface area (Å²) in [7, 11) is 0. The minimum absolute atomic E-state index is 0. The van der Waals surface area contributed by atoms with E-state index in [0.29, 0.717) is 17.9 Å². The second-order valence-electron chi connectivity index (χ2n) is 9.12. The molecule has 1 atom stereocenters. The number of nitrogens with one attached hydrogen (secondary N) is 2. The number of aliphatic imine (C=N–C) groups is 1. The molecular weight excluding hydrogens is 489 g/mol. The van der Waals surface area contributed by atoms with Crippen molar-refractivity contribution in [3.8, 4) is 0 Å². The molecule has 2 heterocycles. The summed E-state index contributed by atoms with van der Waals surface area (Å²) in [6.45, 7) is 9.45. The Hall–Kier alpha value is -0.570. The first-order valence-electron chi connectivity index (χ1n) is 12.3. The molecule has 1 amide bonds. The van der Waals surface area contributed by atoms with Crippen LogP contribution in [0.25, 0.3) is 0 Å². The van der Waals surface area contributed by atoms with Crippen LogP contribution >= 0.6 is 24.0 Å². The van der Waals surface area contributed by atoms with Crippen LogP contribution in [-0.4, -0.2) is 73.5 Å². The highest BCUT2D eigenvalue weighted by molar-refractivity contribution is 14.0. The number of halogens is 1. The number of rotatable bonds is 9. The van der Waals surface area contributed by atoms with Crippen LogP contribution in [0.4, 0.5) is 0 Å². The molecule has 2 saturated heterocycles. The Kier molecular flexibility index (Phi) is 12.4. The number of carbonyl (C=O) groups excluding carboxylic acids is 1. The van der Waals surface area contributed by atoms with Crippen molar-refractivity contribution in [2.45, 2.75) is 83.6 Å². The molecule has 1 unspecified atom stereocenters. The largest absolute Gasteiger partial charge is 0.357 e. The van der Waals surface area contributed by atoms with Crippen molar-refractivity contribution in [2.24, 2.45) is 10.9 Å². The van der Waals surface area contributed by atoms with E-state index in [1.807, 2.05) is 0 Å². The molecule has 174 valence electrons. The number of piperidine rings is 1. The van der Waals surface area contributed by atoms with Gasteiger partial charge in [0, 0.05) is 38.1 Å². The summed E-state index contributed by atoms with van der Waals surface area (Å²) in [5.41, 5.74) is 0. The predicted molar refractivity (Wildman–Crippen MR) is 136 cm³/mol. The van der Waals surface area contributed by atoms with Crippen LogP contribution in [0.15, 0.2) is 4.99 Å². The van der Waals surface area contributed by atoms with Crippen LogP contribution in [0, 0.1) is 5.92 Å². The Labute approximate surface area is 201 Å². The lowest BCUT2D eigenvalue weighted by atomic mass is 10.1. The topological polar surface area (TPSA) is 60.0 Å². The lowest BCUT2D eigenvalue weighted by molar-refractivity contribution is -0.134. The highest BCUT2D eigenvalue weighted by atomic mass is 127. The van der Waals surface area contributed by atoms with Gasteiger partial charge in [-0.1, -0.05) is 25.7 Å². The van der Waals surface area contributed by atoms with E-state index in [4.69, 9.17) is 4.99 Å². The van der Waals surface area contributed by atoms with Crippen molar-refractivity contribution >= 4 is 35.8 Å². The van der Waals surface area contributed by atoms with Crippen LogP contribution in [0.3, 0.4) is 0 Å². The van der Waals surface area contributed by atoms with Gasteiger partial charge in [-0.2, -0.15) is 0 Å². The van der Waals surface area contributed by atoms with Gasteiger partial charge in [0.15, 0.2) is 5.96 Å². The van der Waals surface area contributed by atoms with E-state index in [1.54, 1.807) is 0 Å². The second-order valence-corrected chi connectivity index (χ2v) is 9.12. The van der Waals surface area contributed by atoms with Crippen molar-refractivity contribution < 1.29 is 4.79 Å². The summed E-state index contributed by atoms with van der Waals surface area (Å²) in [6.07, 6.45) is 13.5. The minimum Gasteiger partial charge on any atom is -0.357 e. The van der Waals surface area contributed by atoms with Crippen LogP contribution in [0.1, 0.15) is 77.6 Å². The zero-order valence-electron chi connectivity index (χ0n) is 19.0. The third kappa shape index (κ3) is 8.52. The Morgan fingerprint density at radius 3 is 2.47 bits per heavy atom. The van der Waals surface area contributed by atoms with Gasteiger partial charge in [0.2, 0.25) is 5.91 Å². The van der Waals surface area contributed by atoms with Crippen molar-refractivity contribution in [1.82, 2.24) is 20.4 Å². The molecule has 30 heavy (non-hydrogen) atoms. The molecule has 0 aromatic rings. The first-order chi connectivity index (χ1) is 14.3. The summed E-state index contributed by atoms with van der Waals surface area (Å²) < 4.78 is 0. The summed E-state index contributed by atoms with van der Waals surface area (Å²) in [4.78, 5) is 22.1. The lowest BCUT2D eigenvalue weighted by Crippen LogP contribution is -2.45. The first-order valence-corrected chi connectivity index (χ1v) is 12.3. The third-order valence-electron chi connectivity index (χ3n) is 6.74. The van der Waals surface area contributed by atoms with Crippen LogP contribution in [0.5, 0.6) is 0 Å². The maximum atomic E-state index is 12.6. The van der Waals surface area contributed by atoms with Gasteiger partial charge < -0.3 is 20.4 Å². The molecule has 3 rings (SSSR count). The standard InChI is InChI=1S/C23H43N5O.HI/c1-2-24-23(25-14-7-3-8-15-27-16-9-4-10-17-27)26-21-13-18-28(19-21)22(29)20-11-5-6-12-20;/h20-21H,2-19H2,1H3,(H2,24,25,26);1H. The molecule has 2 aliphatic heterocycles. The van der Waals surface area contributed by atoms with E-state index in [0.717, 1.165) is 57.8 Å². The summed E-state index contributed by atoms with van der Waals surface area (Å²) in [6, 6.07) is 0.331. The number of amides is 1. The molecular formula is C23H44IN5O. The summed E-state index contributed by atoms with van der Waals surface area (Å²) in [5.74, 6) is 1.60. The van der Waals surface area contributed by atoms with Gasteiger partial charge in [-0.15, -0.1) is 24.0 Å². The minimum atomic E-state index is 0. The van der Waals surface area contributed by atoms with Crippen LogP contribution in [-0.2, 0) is 4.79 Å². The highest BCUT2D eigenvalue weighted by Gasteiger charge is 2.32. The maximum absolute atomic E-state index is 12.6. The Bertz CT molecular complexity index is 518.